The van der Waals surface area contributed by atoms with Crippen molar-refractivity contribution in [3.05, 3.63) is 47.1 Å². The first kappa shape index (κ1) is 20.7. The van der Waals surface area contributed by atoms with Crippen LogP contribution in [-0.2, 0) is 11.3 Å². The minimum absolute atomic E-state index is 0.0617. The van der Waals surface area contributed by atoms with E-state index in [9.17, 15) is 18.0 Å². The van der Waals surface area contributed by atoms with Crippen molar-refractivity contribution in [3.63, 3.8) is 0 Å². The molecule has 9 heteroatoms. The SMILES string of the molecule is CCn1c([C@@H]2C[C@H]2C(=O)NC(C)c2ccc(OCC(F)(F)F)s2)nc2ccccc21. The number of aryl methyl sites for hydroxylation is 1. The number of ether oxygens (including phenoxy) is 1. The number of rotatable bonds is 7. The number of para-hydroxylation sites is 2. The van der Waals surface area contributed by atoms with Gasteiger partial charge in [0.2, 0.25) is 5.91 Å². The fourth-order valence-corrected chi connectivity index (χ4v) is 4.53. The maximum atomic E-state index is 12.7. The van der Waals surface area contributed by atoms with E-state index in [2.05, 4.69) is 16.8 Å². The Balaban J connectivity index is 1.38. The second-order valence-corrected chi connectivity index (χ2v) is 8.52. The average molecular weight is 437 g/mol. The number of aromatic nitrogens is 2. The van der Waals surface area contributed by atoms with Crippen molar-refractivity contribution in [1.29, 1.82) is 0 Å². The van der Waals surface area contributed by atoms with Gasteiger partial charge in [0.1, 0.15) is 5.82 Å². The maximum Gasteiger partial charge on any atom is 0.422 e. The average Bonchev–Trinajstić information content (AvgIpc) is 3.19. The molecule has 1 unspecified atom stereocenters. The molecule has 0 spiro atoms. The Morgan fingerprint density at radius 1 is 1.33 bits per heavy atom. The van der Waals surface area contributed by atoms with Gasteiger partial charge >= 0.3 is 6.18 Å². The largest absolute Gasteiger partial charge is 0.475 e. The Morgan fingerprint density at radius 3 is 2.83 bits per heavy atom. The Bertz CT molecular complexity index is 1060. The number of nitrogens with zero attached hydrogens (tertiary/aromatic N) is 2. The van der Waals surface area contributed by atoms with Gasteiger partial charge in [0.05, 0.1) is 17.1 Å². The van der Waals surface area contributed by atoms with E-state index in [1.54, 1.807) is 6.07 Å². The molecule has 0 radical (unpaired) electrons. The lowest BCUT2D eigenvalue weighted by Crippen LogP contribution is -2.28. The van der Waals surface area contributed by atoms with Gasteiger partial charge < -0.3 is 14.6 Å². The molecule has 1 saturated carbocycles. The Morgan fingerprint density at radius 2 is 2.10 bits per heavy atom. The number of carbonyl (C=O) groups is 1. The van der Waals surface area contributed by atoms with E-state index in [1.165, 1.54) is 6.07 Å². The highest BCUT2D eigenvalue weighted by Crippen LogP contribution is 2.48. The number of hydrogen-bond donors (Lipinski definition) is 1. The van der Waals surface area contributed by atoms with Crippen molar-refractivity contribution in [2.24, 2.45) is 5.92 Å². The van der Waals surface area contributed by atoms with Gasteiger partial charge in [0, 0.05) is 23.3 Å². The first-order valence-corrected chi connectivity index (χ1v) is 10.6. The molecule has 1 fully saturated rings. The highest BCUT2D eigenvalue weighted by molar-refractivity contribution is 7.13. The van der Waals surface area contributed by atoms with Crippen LogP contribution in [0.15, 0.2) is 36.4 Å². The summed E-state index contributed by atoms with van der Waals surface area (Å²) in [4.78, 5) is 18.2. The Kier molecular flexibility index (Phi) is 5.48. The molecular weight excluding hydrogens is 415 g/mol. The van der Waals surface area contributed by atoms with Gasteiger partial charge in [-0.1, -0.05) is 12.1 Å². The van der Waals surface area contributed by atoms with E-state index in [0.29, 0.717) is 0 Å². The predicted molar refractivity (Wildman–Crippen MR) is 109 cm³/mol. The minimum atomic E-state index is -4.38. The van der Waals surface area contributed by atoms with Gasteiger partial charge in [0.25, 0.3) is 0 Å². The van der Waals surface area contributed by atoms with Crippen LogP contribution in [0.4, 0.5) is 13.2 Å². The molecule has 4 rings (SSSR count). The van der Waals surface area contributed by atoms with E-state index < -0.39 is 12.8 Å². The van der Waals surface area contributed by atoms with Gasteiger partial charge in [-0.15, -0.1) is 11.3 Å². The first-order valence-electron chi connectivity index (χ1n) is 9.81. The molecule has 0 aliphatic heterocycles. The summed E-state index contributed by atoms with van der Waals surface area (Å²) in [5.41, 5.74) is 2.00. The van der Waals surface area contributed by atoms with Gasteiger partial charge in [-0.25, -0.2) is 4.98 Å². The zero-order valence-corrected chi connectivity index (χ0v) is 17.4. The molecule has 1 aliphatic carbocycles. The normalized spacial score (nSPS) is 19.6. The summed E-state index contributed by atoms with van der Waals surface area (Å²) in [7, 11) is 0. The second-order valence-electron chi connectivity index (χ2n) is 7.44. The number of halogens is 3. The van der Waals surface area contributed by atoms with Crippen molar-refractivity contribution in [2.45, 2.75) is 44.9 Å². The number of benzene rings is 1. The molecule has 0 saturated heterocycles. The molecule has 2 aromatic heterocycles. The zero-order valence-electron chi connectivity index (χ0n) is 16.6. The molecule has 3 atom stereocenters. The van der Waals surface area contributed by atoms with E-state index in [-0.39, 0.29) is 28.8 Å². The predicted octanol–water partition coefficient (Wildman–Crippen LogP) is 5.04. The number of alkyl halides is 3. The number of hydrogen-bond acceptors (Lipinski definition) is 4. The number of imidazole rings is 1. The fourth-order valence-electron chi connectivity index (χ4n) is 3.67. The number of amides is 1. The summed E-state index contributed by atoms with van der Waals surface area (Å²) in [5, 5.41) is 3.16. The first-order chi connectivity index (χ1) is 14.3. The number of carbonyl (C=O) groups excluding carboxylic acids is 1. The van der Waals surface area contributed by atoms with E-state index in [4.69, 9.17) is 9.72 Å². The zero-order chi connectivity index (χ0) is 21.5. The van der Waals surface area contributed by atoms with E-state index >= 15 is 0 Å². The van der Waals surface area contributed by atoms with Crippen molar-refractivity contribution in [1.82, 2.24) is 14.9 Å². The van der Waals surface area contributed by atoms with Crippen LogP contribution in [0.5, 0.6) is 5.06 Å². The fraction of sp³-hybridized carbons (Fsp3) is 0.429. The molecule has 1 aromatic carbocycles. The molecule has 160 valence electrons. The lowest BCUT2D eigenvalue weighted by Gasteiger charge is -2.12. The summed E-state index contributed by atoms with van der Waals surface area (Å²) in [5.74, 6) is 0.813. The van der Waals surface area contributed by atoms with Crippen LogP contribution in [0, 0.1) is 5.92 Å². The van der Waals surface area contributed by atoms with Gasteiger partial charge in [-0.3, -0.25) is 4.79 Å². The number of nitrogens with one attached hydrogen (secondary N) is 1. The molecule has 1 N–H and O–H groups in total. The van der Waals surface area contributed by atoms with Crippen LogP contribution in [0.1, 0.15) is 42.9 Å². The van der Waals surface area contributed by atoms with Crippen LogP contribution >= 0.6 is 11.3 Å². The quantitative estimate of drug-likeness (QED) is 0.563. The van der Waals surface area contributed by atoms with Crippen LogP contribution in [-0.4, -0.2) is 28.2 Å². The highest BCUT2D eigenvalue weighted by atomic mass is 32.1. The summed E-state index contributed by atoms with van der Waals surface area (Å²) < 4.78 is 43.8. The smallest absolute Gasteiger partial charge is 0.422 e. The summed E-state index contributed by atoms with van der Waals surface area (Å²) in [6.45, 7) is 3.34. The van der Waals surface area contributed by atoms with E-state index in [0.717, 1.165) is 46.0 Å². The van der Waals surface area contributed by atoms with Gasteiger partial charge in [-0.2, -0.15) is 13.2 Å². The molecule has 0 bridgehead atoms. The minimum Gasteiger partial charge on any atom is -0.475 e. The Hall–Kier alpha value is -2.55. The lowest BCUT2D eigenvalue weighted by atomic mass is 10.2. The molecule has 5 nitrogen and oxygen atoms in total. The van der Waals surface area contributed by atoms with E-state index in [1.807, 2.05) is 31.2 Å². The molecule has 3 aromatic rings. The molecular formula is C21H22F3N3O2S. The van der Waals surface area contributed by atoms with Gasteiger partial charge in [-0.05, 0) is 44.5 Å². The molecule has 2 heterocycles. The third-order valence-corrected chi connectivity index (χ3v) is 6.41. The van der Waals surface area contributed by atoms with Crippen molar-refractivity contribution >= 4 is 28.3 Å². The standard InChI is InChI=1S/C21H22F3N3O2S/c1-3-27-16-7-5-4-6-15(16)26-19(27)13-10-14(13)20(28)25-12(2)17-8-9-18(30-17)29-11-21(22,23)24/h4-9,12-14H,3,10-11H2,1-2H3,(H,25,28)/t12?,13-,14-/m1/s1. The molecule has 30 heavy (non-hydrogen) atoms. The second kappa shape index (κ2) is 7.94. The topological polar surface area (TPSA) is 56.2 Å². The third kappa shape index (κ3) is 4.30. The molecule has 1 aliphatic rings. The van der Waals surface area contributed by atoms with Crippen molar-refractivity contribution in [2.75, 3.05) is 6.61 Å². The summed E-state index contributed by atoms with van der Waals surface area (Å²) in [6, 6.07) is 10.8. The van der Waals surface area contributed by atoms with Crippen LogP contribution in [0.2, 0.25) is 0 Å². The van der Waals surface area contributed by atoms with Crippen LogP contribution in [0.3, 0.4) is 0 Å². The number of thiophene rings is 1. The van der Waals surface area contributed by atoms with Crippen molar-refractivity contribution < 1.29 is 22.7 Å². The lowest BCUT2D eigenvalue weighted by molar-refractivity contribution is -0.152. The summed E-state index contributed by atoms with van der Waals surface area (Å²) in [6.07, 6.45) is -3.63. The number of fused-ring (bicyclic) bond motifs is 1. The third-order valence-electron chi connectivity index (χ3n) is 5.22. The maximum absolute atomic E-state index is 12.7. The van der Waals surface area contributed by atoms with Crippen LogP contribution in [0.25, 0.3) is 11.0 Å². The molecule has 1 amide bonds. The Labute approximate surface area is 175 Å². The van der Waals surface area contributed by atoms with Crippen molar-refractivity contribution in [3.8, 4) is 5.06 Å². The van der Waals surface area contributed by atoms with Gasteiger partial charge in [0.15, 0.2) is 11.7 Å². The van der Waals surface area contributed by atoms with Crippen LogP contribution < -0.4 is 10.1 Å². The monoisotopic (exact) mass is 437 g/mol. The highest BCUT2D eigenvalue weighted by Gasteiger charge is 2.47. The summed E-state index contributed by atoms with van der Waals surface area (Å²) >= 11 is 1.11.